The Morgan fingerprint density at radius 1 is 1.00 bits per heavy atom. The maximum atomic E-state index is 14.8. The van der Waals surface area contributed by atoms with Gasteiger partial charge in [-0.15, -0.1) is 5.10 Å². The number of fused-ring (bicyclic) bond motifs is 1. The van der Waals surface area contributed by atoms with Gasteiger partial charge in [-0.05, 0) is 48.4 Å². The van der Waals surface area contributed by atoms with E-state index in [1.807, 2.05) is 0 Å². The van der Waals surface area contributed by atoms with Crippen LogP contribution >= 0.6 is 0 Å². The predicted molar refractivity (Wildman–Crippen MR) is 122 cm³/mol. The summed E-state index contributed by atoms with van der Waals surface area (Å²) in [5.74, 6) is -4.21. The molecule has 5 aromatic rings. The van der Waals surface area contributed by atoms with Gasteiger partial charge in [0.25, 0.3) is 5.92 Å². The van der Waals surface area contributed by atoms with E-state index in [-0.39, 0.29) is 17.2 Å². The second-order valence-corrected chi connectivity index (χ2v) is 8.29. The van der Waals surface area contributed by atoms with Crippen molar-refractivity contribution in [1.29, 1.82) is 0 Å². The SMILES string of the molecule is Cc1cn2nc(N)nc2cc1-c1nc(-c2cnn([C@H](c3ccc(F)cc3)C(C)(F)F)c2)ccc1F. The van der Waals surface area contributed by atoms with E-state index >= 15 is 0 Å². The molecular weight excluding hydrogens is 462 g/mol. The molecule has 0 bridgehead atoms. The minimum Gasteiger partial charge on any atom is -0.366 e. The van der Waals surface area contributed by atoms with Crippen LogP contribution in [0.25, 0.3) is 28.2 Å². The summed E-state index contributed by atoms with van der Waals surface area (Å²) in [7, 11) is 0. The molecule has 0 aliphatic heterocycles. The minimum atomic E-state index is -3.20. The zero-order chi connectivity index (χ0) is 24.9. The second kappa shape index (κ2) is 8.19. The Morgan fingerprint density at radius 3 is 2.46 bits per heavy atom. The summed E-state index contributed by atoms with van der Waals surface area (Å²) in [6.07, 6.45) is 4.45. The molecule has 1 aromatic carbocycles. The van der Waals surface area contributed by atoms with Crippen LogP contribution in [0.2, 0.25) is 0 Å². The van der Waals surface area contributed by atoms with Crippen molar-refractivity contribution in [2.45, 2.75) is 25.8 Å². The summed E-state index contributed by atoms with van der Waals surface area (Å²) in [5.41, 5.74) is 8.25. The summed E-state index contributed by atoms with van der Waals surface area (Å²) >= 11 is 0. The number of hydrogen-bond acceptors (Lipinski definition) is 5. The van der Waals surface area contributed by atoms with Crippen molar-refractivity contribution >= 4 is 11.6 Å². The molecule has 0 unspecified atom stereocenters. The van der Waals surface area contributed by atoms with E-state index in [1.165, 1.54) is 41.2 Å². The molecular formula is C24H19F4N7. The van der Waals surface area contributed by atoms with Crippen molar-refractivity contribution < 1.29 is 17.6 Å². The van der Waals surface area contributed by atoms with E-state index < -0.39 is 23.6 Å². The van der Waals surface area contributed by atoms with Gasteiger partial charge in [-0.25, -0.2) is 27.1 Å². The molecule has 0 saturated heterocycles. The lowest BCUT2D eigenvalue weighted by atomic mass is 10.0. The number of rotatable bonds is 5. The third-order valence-corrected chi connectivity index (χ3v) is 5.62. The number of benzene rings is 1. The average Bonchev–Trinajstić information content (AvgIpc) is 3.40. The molecule has 0 radical (unpaired) electrons. The summed E-state index contributed by atoms with van der Waals surface area (Å²) in [6.45, 7) is 2.54. The quantitative estimate of drug-likeness (QED) is 0.354. The van der Waals surface area contributed by atoms with Crippen molar-refractivity contribution in [3.63, 3.8) is 0 Å². The maximum Gasteiger partial charge on any atom is 0.271 e. The number of aryl methyl sites for hydroxylation is 1. The van der Waals surface area contributed by atoms with E-state index in [4.69, 9.17) is 5.73 Å². The van der Waals surface area contributed by atoms with Gasteiger partial charge in [0.05, 0.1) is 11.9 Å². The lowest BCUT2D eigenvalue weighted by Gasteiger charge is -2.24. The van der Waals surface area contributed by atoms with Gasteiger partial charge in [-0.2, -0.15) is 10.1 Å². The molecule has 0 aliphatic rings. The largest absolute Gasteiger partial charge is 0.366 e. The molecule has 35 heavy (non-hydrogen) atoms. The van der Waals surface area contributed by atoms with Crippen LogP contribution in [0, 0.1) is 18.6 Å². The fourth-order valence-electron chi connectivity index (χ4n) is 4.02. The van der Waals surface area contributed by atoms with Crippen molar-refractivity contribution in [1.82, 2.24) is 29.4 Å². The molecule has 0 aliphatic carbocycles. The monoisotopic (exact) mass is 481 g/mol. The first-order chi connectivity index (χ1) is 16.6. The van der Waals surface area contributed by atoms with E-state index in [9.17, 15) is 17.6 Å². The van der Waals surface area contributed by atoms with Crippen LogP contribution in [0.15, 0.2) is 61.1 Å². The highest BCUT2D eigenvalue weighted by Crippen LogP contribution is 2.35. The highest BCUT2D eigenvalue weighted by Gasteiger charge is 2.37. The first-order valence-corrected chi connectivity index (χ1v) is 10.6. The van der Waals surface area contributed by atoms with Gasteiger partial charge in [0.1, 0.15) is 23.4 Å². The zero-order valence-electron chi connectivity index (χ0n) is 18.6. The van der Waals surface area contributed by atoms with Gasteiger partial charge >= 0.3 is 0 Å². The van der Waals surface area contributed by atoms with Crippen LogP contribution in [-0.4, -0.2) is 35.3 Å². The van der Waals surface area contributed by atoms with Crippen LogP contribution in [0.1, 0.15) is 24.1 Å². The summed E-state index contributed by atoms with van der Waals surface area (Å²) in [6, 6.07) is 7.68. The van der Waals surface area contributed by atoms with Crippen LogP contribution in [0.5, 0.6) is 0 Å². The van der Waals surface area contributed by atoms with Gasteiger partial charge in [0.2, 0.25) is 5.95 Å². The molecule has 1 atom stereocenters. The Morgan fingerprint density at radius 2 is 1.74 bits per heavy atom. The molecule has 11 heteroatoms. The molecule has 2 N–H and O–H groups in total. The molecule has 5 rings (SSSR count). The number of nitrogens with two attached hydrogens (primary N) is 1. The van der Waals surface area contributed by atoms with Crippen LogP contribution < -0.4 is 5.73 Å². The molecule has 178 valence electrons. The van der Waals surface area contributed by atoms with Gasteiger partial charge in [-0.3, -0.25) is 4.68 Å². The van der Waals surface area contributed by atoms with Gasteiger partial charge < -0.3 is 5.73 Å². The molecule has 4 heterocycles. The summed E-state index contributed by atoms with van der Waals surface area (Å²) in [5, 5.41) is 8.16. The number of anilines is 1. The van der Waals surface area contributed by atoms with Crippen molar-refractivity contribution in [3.8, 4) is 22.5 Å². The van der Waals surface area contributed by atoms with E-state index in [0.717, 1.165) is 23.7 Å². The third-order valence-electron chi connectivity index (χ3n) is 5.62. The van der Waals surface area contributed by atoms with Crippen molar-refractivity contribution in [3.05, 3.63) is 83.8 Å². The lowest BCUT2D eigenvalue weighted by Crippen LogP contribution is -2.29. The van der Waals surface area contributed by atoms with Crippen LogP contribution in [-0.2, 0) is 0 Å². The van der Waals surface area contributed by atoms with Crippen molar-refractivity contribution in [2.24, 2.45) is 0 Å². The Labute approximate surface area is 196 Å². The molecule has 0 amide bonds. The Balaban J connectivity index is 1.56. The molecule has 4 aromatic heterocycles. The Hall–Kier alpha value is -4.28. The predicted octanol–water partition coefficient (Wildman–Crippen LogP) is 5.07. The van der Waals surface area contributed by atoms with Gasteiger partial charge in [0, 0.05) is 30.4 Å². The molecule has 7 nitrogen and oxygen atoms in total. The minimum absolute atomic E-state index is 0.0627. The number of nitrogen functional groups attached to an aromatic ring is 1. The summed E-state index contributed by atoms with van der Waals surface area (Å²) in [4.78, 5) is 8.55. The van der Waals surface area contributed by atoms with Gasteiger partial charge in [0.15, 0.2) is 5.65 Å². The number of nitrogens with zero attached hydrogens (tertiary/aromatic N) is 6. The lowest BCUT2D eigenvalue weighted by molar-refractivity contribution is -0.0217. The average molecular weight is 481 g/mol. The molecule has 0 fully saturated rings. The number of halogens is 4. The van der Waals surface area contributed by atoms with E-state index in [1.54, 1.807) is 19.2 Å². The Bertz CT molecular complexity index is 1530. The number of hydrogen-bond donors (Lipinski definition) is 1. The highest BCUT2D eigenvalue weighted by molar-refractivity contribution is 5.71. The topological polar surface area (TPSA) is 86.9 Å². The molecule has 0 spiro atoms. The van der Waals surface area contributed by atoms with Gasteiger partial charge in [-0.1, -0.05) is 12.1 Å². The smallest absolute Gasteiger partial charge is 0.271 e. The van der Waals surface area contributed by atoms with E-state index in [2.05, 4.69) is 20.2 Å². The van der Waals surface area contributed by atoms with Crippen LogP contribution in [0.4, 0.5) is 23.5 Å². The van der Waals surface area contributed by atoms with Crippen LogP contribution in [0.3, 0.4) is 0 Å². The molecule has 0 saturated carbocycles. The number of pyridine rings is 2. The third kappa shape index (κ3) is 4.20. The standard InChI is InChI=1S/C24H19F4N7/c1-13-11-34-20(32-23(29)33-34)9-17(13)21-18(26)7-8-19(31-21)15-10-30-35(12-15)22(24(2,27)28)14-3-5-16(25)6-4-14/h3-12,22H,1-2H3,(H2,29,33)/t22-/m1/s1. The zero-order valence-corrected chi connectivity index (χ0v) is 18.6. The second-order valence-electron chi connectivity index (χ2n) is 8.29. The first-order valence-electron chi connectivity index (χ1n) is 10.6. The number of alkyl halides is 2. The fourth-order valence-corrected chi connectivity index (χ4v) is 4.02. The fraction of sp³-hybridized carbons (Fsp3) is 0.167. The normalized spacial score (nSPS) is 12.9. The first kappa shape index (κ1) is 22.5. The van der Waals surface area contributed by atoms with Crippen molar-refractivity contribution in [2.75, 3.05) is 5.73 Å². The maximum absolute atomic E-state index is 14.8. The van der Waals surface area contributed by atoms with E-state index in [0.29, 0.717) is 28.0 Å². The number of aromatic nitrogens is 6. The Kier molecular flexibility index (Phi) is 5.27. The highest BCUT2D eigenvalue weighted by atomic mass is 19.3. The summed E-state index contributed by atoms with van der Waals surface area (Å²) < 4.78 is 59.8.